The second-order valence-corrected chi connectivity index (χ2v) is 7.10. The first kappa shape index (κ1) is 21.8. The van der Waals surface area contributed by atoms with Crippen LogP contribution in [0.1, 0.15) is 44.9 Å². The molecule has 0 saturated heterocycles. The second-order valence-electron chi connectivity index (χ2n) is 7.10. The van der Waals surface area contributed by atoms with Gasteiger partial charge in [-0.15, -0.1) is 0 Å². The Kier molecular flexibility index (Phi) is 7.59. The van der Waals surface area contributed by atoms with Gasteiger partial charge in [0.05, 0.1) is 17.5 Å². The fraction of sp³-hybridized carbons (Fsp3) is 0.208. The SMILES string of the molecule is Cc1ccc(CNC(=O)c2ccccc2NC(=O)CCCNC(=O)c2ccco2)cc1. The molecule has 7 nitrogen and oxygen atoms in total. The van der Waals surface area contributed by atoms with E-state index in [0.29, 0.717) is 30.8 Å². The maximum atomic E-state index is 12.6. The van der Waals surface area contributed by atoms with E-state index in [4.69, 9.17) is 4.42 Å². The average Bonchev–Trinajstić information content (AvgIpc) is 3.31. The summed E-state index contributed by atoms with van der Waals surface area (Å²) in [5.41, 5.74) is 3.00. The van der Waals surface area contributed by atoms with Crippen LogP contribution in [0.15, 0.2) is 71.3 Å². The Morgan fingerprint density at radius 2 is 1.65 bits per heavy atom. The lowest BCUT2D eigenvalue weighted by Crippen LogP contribution is -2.26. The highest BCUT2D eigenvalue weighted by atomic mass is 16.3. The van der Waals surface area contributed by atoms with E-state index in [2.05, 4.69) is 16.0 Å². The Balaban J connectivity index is 1.47. The van der Waals surface area contributed by atoms with E-state index in [1.54, 1.807) is 36.4 Å². The summed E-state index contributed by atoms with van der Waals surface area (Å²) in [6.45, 7) is 2.75. The molecule has 3 aromatic rings. The van der Waals surface area contributed by atoms with E-state index >= 15 is 0 Å². The largest absolute Gasteiger partial charge is 0.459 e. The highest BCUT2D eigenvalue weighted by Crippen LogP contribution is 2.16. The summed E-state index contributed by atoms with van der Waals surface area (Å²) in [6.07, 6.45) is 2.09. The number of nitrogens with one attached hydrogen (secondary N) is 3. The van der Waals surface area contributed by atoms with Crippen LogP contribution in [0, 0.1) is 6.92 Å². The van der Waals surface area contributed by atoms with Crippen LogP contribution >= 0.6 is 0 Å². The molecule has 0 radical (unpaired) electrons. The van der Waals surface area contributed by atoms with Crippen LogP contribution < -0.4 is 16.0 Å². The van der Waals surface area contributed by atoms with Crippen LogP contribution in [0.5, 0.6) is 0 Å². The van der Waals surface area contributed by atoms with Gasteiger partial charge in [-0.2, -0.15) is 0 Å². The van der Waals surface area contributed by atoms with Crippen LogP contribution in [0.4, 0.5) is 5.69 Å². The molecule has 0 aliphatic heterocycles. The van der Waals surface area contributed by atoms with Crippen molar-refractivity contribution in [3.05, 3.63) is 89.4 Å². The molecule has 0 aliphatic rings. The van der Waals surface area contributed by atoms with Gasteiger partial charge < -0.3 is 20.4 Å². The lowest BCUT2D eigenvalue weighted by atomic mass is 10.1. The molecular weight excluding hydrogens is 394 g/mol. The zero-order chi connectivity index (χ0) is 22.1. The summed E-state index contributed by atoms with van der Waals surface area (Å²) in [5.74, 6) is -0.579. The van der Waals surface area contributed by atoms with Gasteiger partial charge in [0.1, 0.15) is 0 Å². The zero-order valence-corrected chi connectivity index (χ0v) is 17.3. The van der Waals surface area contributed by atoms with Crippen LogP contribution in [0.25, 0.3) is 0 Å². The van der Waals surface area contributed by atoms with E-state index in [1.165, 1.54) is 6.26 Å². The number of amides is 3. The van der Waals surface area contributed by atoms with E-state index in [9.17, 15) is 14.4 Å². The highest BCUT2D eigenvalue weighted by molar-refractivity contribution is 6.03. The van der Waals surface area contributed by atoms with Crippen molar-refractivity contribution in [1.82, 2.24) is 10.6 Å². The first-order chi connectivity index (χ1) is 15.0. The number of furan rings is 1. The number of anilines is 1. The maximum absolute atomic E-state index is 12.6. The summed E-state index contributed by atoms with van der Waals surface area (Å²) in [7, 11) is 0. The quantitative estimate of drug-likeness (QED) is 0.461. The Bertz CT molecular complexity index is 1030. The molecule has 0 unspecified atom stereocenters. The molecule has 0 fully saturated rings. The molecule has 0 spiro atoms. The standard InChI is InChI=1S/C24H25N3O4/c1-17-10-12-18(13-11-17)16-26-23(29)19-6-2-3-7-20(19)27-22(28)9-4-14-25-24(30)21-8-5-15-31-21/h2-3,5-8,10-13,15H,4,9,14,16H2,1H3,(H,25,30)(H,26,29)(H,27,28). The van der Waals surface area contributed by atoms with Crippen molar-refractivity contribution in [2.45, 2.75) is 26.3 Å². The molecule has 0 bridgehead atoms. The van der Waals surface area contributed by atoms with E-state index < -0.39 is 0 Å². The number of carbonyl (C=O) groups excluding carboxylic acids is 3. The normalized spacial score (nSPS) is 10.4. The summed E-state index contributed by atoms with van der Waals surface area (Å²) < 4.78 is 5.01. The monoisotopic (exact) mass is 419 g/mol. The molecule has 1 heterocycles. The molecule has 3 amide bonds. The summed E-state index contributed by atoms with van der Waals surface area (Å²) >= 11 is 0. The smallest absolute Gasteiger partial charge is 0.286 e. The minimum Gasteiger partial charge on any atom is -0.459 e. The molecular formula is C24H25N3O4. The number of hydrogen-bond acceptors (Lipinski definition) is 4. The number of benzene rings is 2. The Labute approximate surface area is 180 Å². The van der Waals surface area contributed by atoms with Crippen molar-refractivity contribution in [3.63, 3.8) is 0 Å². The van der Waals surface area contributed by atoms with Gasteiger partial charge in [0.2, 0.25) is 5.91 Å². The van der Waals surface area contributed by atoms with Crippen molar-refractivity contribution in [2.75, 3.05) is 11.9 Å². The molecule has 3 rings (SSSR count). The number of hydrogen-bond donors (Lipinski definition) is 3. The molecule has 0 aliphatic carbocycles. The third kappa shape index (κ3) is 6.57. The van der Waals surface area contributed by atoms with E-state index in [-0.39, 0.29) is 29.9 Å². The molecule has 7 heteroatoms. The van der Waals surface area contributed by atoms with Gasteiger partial charge in [0.25, 0.3) is 11.8 Å². The predicted octanol–water partition coefficient (Wildman–Crippen LogP) is 3.67. The van der Waals surface area contributed by atoms with Gasteiger partial charge in [-0.1, -0.05) is 42.0 Å². The summed E-state index contributed by atoms with van der Waals surface area (Å²) in [6, 6.07) is 18.0. The van der Waals surface area contributed by atoms with Crippen LogP contribution in [0.3, 0.4) is 0 Å². The van der Waals surface area contributed by atoms with Crippen LogP contribution in [-0.2, 0) is 11.3 Å². The third-order valence-electron chi connectivity index (χ3n) is 4.63. The minimum atomic E-state index is -0.319. The lowest BCUT2D eigenvalue weighted by Gasteiger charge is -2.12. The lowest BCUT2D eigenvalue weighted by molar-refractivity contribution is -0.116. The van der Waals surface area contributed by atoms with Gasteiger partial charge in [0.15, 0.2) is 5.76 Å². The molecule has 160 valence electrons. The van der Waals surface area contributed by atoms with Gasteiger partial charge in [-0.25, -0.2) is 0 Å². The topological polar surface area (TPSA) is 100 Å². The van der Waals surface area contributed by atoms with Crippen molar-refractivity contribution >= 4 is 23.4 Å². The Morgan fingerprint density at radius 3 is 2.39 bits per heavy atom. The second kappa shape index (κ2) is 10.8. The van der Waals surface area contributed by atoms with Crippen molar-refractivity contribution in [1.29, 1.82) is 0 Å². The molecule has 3 N–H and O–H groups in total. The molecule has 1 aromatic heterocycles. The molecule has 0 saturated carbocycles. The maximum Gasteiger partial charge on any atom is 0.286 e. The van der Waals surface area contributed by atoms with Crippen molar-refractivity contribution in [3.8, 4) is 0 Å². The highest BCUT2D eigenvalue weighted by Gasteiger charge is 2.13. The Hall–Kier alpha value is -3.87. The molecule has 2 aromatic carbocycles. The third-order valence-corrected chi connectivity index (χ3v) is 4.63. The summed E-state index contributed by atoms with van der Waals surface area (Å²) in [5, 5.41) is 8.35. The number of para-hydroxylation sites is 1. The van der Waals surface area contributed by atoms with E-state index in [0.717, 1.165) is 11.1 Å². The van der Waals surface area contributed by atoms with Gasteiger partial charge >= 0.3 is 0 Å². The number of aryl methyl sites for hydroxylation is 1. The van der Waals surface area contributed by atoms with Gasteiger partial charge in [0, 0.05) is 19.5 Å². The molecule has 0 atom stereocenters. The van der Waals surface area contributed by atoms with Gasteiger partial charge in [-0.3, -0.25) is 14.4 Å². The predicted molar refractivity (Wildman–Crippen MR) is 118 cm³/mol. The first-order valence-electron chi connectivity index (χ1n) is 10.1. The fourth-order valence-corrected chi connectivity index (χ4v) is 2.93. The molecule has 31 heavy (non-hydrogen) atoms. The number of rotatable bonds is 9. The Morgan fingerprint density at radius 1 is 0.871 bits per heavy atom. The zero-order valence-electron chi connectivity index (χ0n) is 17.3. The first-order valence-corrected chi connectivity index (χ1v) is 10.1. The average molecular weight is 419 g/mol. The minimum absolute atomic E-state index is 0.206. The van der Waals surface area contributed by atoms with E-state index in [1.807, 2.05) is 31.2 Å². The van der Waals surface area contributed by atoms with Crippen molar-refractivity contribution in [2.24, 2.45) is 0 Å². The summed E-state index contributed by atoms with van der Waals surface area (Å²) in [4.78, 5) is 36.7. The van der Waals surface area contributed by atoms with Gasteiger partial charge in [-0.05, 0) is 43.2 Å². The van der Waals surface area contributed by atoms with Crippen molar-refractivity contribution < 1.29 is 18.8 Å². The number of carbonyl (C=O) groups is 3. The van der Waals surface area contributed by atoms with Crippen LogP contribution in [0.2, 0.25) is 0 Å². The van der Waals surface area contributed by atoms with Crippen LogP contribution in [-0.4, -0.2) is 24.3 Å². The fourth-order valence-electron chi connectivity index (χ4n) is 2.93.